The zero-order valence-electron chi connectivity index (χ0n) is 43.8. The van der Waals surface area contributed by atoms with E-state index in [0.29, 0.717) is 19.3 Å². The van der Waals surface area contributed by atoms with Crippen LogP contribution in [0.5, 0.6) is 0 Å². The lowest BCUT2D eigenvalue weighted by Crippen LogP contribution is -2.30. The number of hydrogen-bond donors (Lipinski definition) is 0. The van der Waals surface area contributed by atoms with E-state index in [-0.39, 0.29) is 37.5 Å². The van der Waals surface area contributed by atoms with Crippen LogP contribution in [0, 0.1) is 0 Å². The summed E-state index contributed by atoms with van der Waals surface area (Å²) in [6.45, 7) is 6.29. The second-order valence-corrected chi connectivity index (χ2v) is 17.8. The van der Waals surface area contributed by atoms with Crippen LogP contribution in [0.15, 0.2) is 122 Å². The maximum Gasteiger partial charge on any atom is 0.306 e. The SMILES string of the molecule is CC\C=C/C=C\C=C/C=C\CCCCCC(=O)OCC(COC(=O)CC/C=C\C/C=C\C/C=C\C/C=C\C/C=C\C/C=C\CC)OC(=O)CCCCCCCCCCCCCCCCCCCC. The highest BCUT2D eigenvalue weighted by Gasteiger charge is 2.19. The van der Waals surface area contributed by atoms with Crippen molar-refractivity contribution in [1.82, 2.24) is 0 Å². The minimum atomic E-state index is -0.826. The maximum absolute atomic E-state index is 12.8. The van der Waals surface area contributed by atoms with Crippen LogP contribution in [0.2, 0.25) is 0 Å². The summed E-state index contributed by atoms with van der Waals surface area (Å²) in [4.78, 5) is 38.0. The molecule has 68 heavy (non-hydrogen) atoms. The molecule has 0 aliphatic carbocycles. The summed E-state index contributed by atoms with van der Waals surface area (Å²) in [6.07, 6.45) is 76.3. The molecule has 0 N–H and O–H groups in total. The van der Waals surface area contributed by atoms with Gasteiger partial charge in [0.2, 0.25) is 0 Å². The molecule has 0 aromatic heterocycles. The summed E-state index contributed by atoms with van der Waals surface area (Å²) in [5, 5.41) is 0. The van der Waals surface area contributed by atoms with Crippen LogP contribution < -0.4 is 0 Å². The molecule has 0 aromatic rings. The van der Waals surface area contributed by atoms with Crippen molar-refractivity contribution < 1.29 is 28.6 Å². The number of carbonyl (C=O) groups excluding carboxylic acids is 3. The average molecular weight is 941 g/mol. The van der Waals surface area contributed by atoms with E-state index < -0.39 is 6.10 Å². The quantitative estimate of drug-likeness (QED) is 0.0199. The van der Waals surface area contributed by atoms with Gasteiger partial charge in [-0.2, -0.15) is 0 Å². The Labute approximate surface area is 418 Å². The lowest BCUT2D eigenvalue weighted by molar-refractivity contribution is -0.166. The first-order chi connectivity index (χ1) is 33.5. The summed E-state index contributed by atoms with van der Waals surface area (Å²) < 4.78 is 16.7. The van der Waals surface area contributed by atoms with E-state index in [0.717, 1.165) is 89.9 Å². The molecule has 0 rings (SSSR count). The van der Waals surface area contributed by atoms with E-state index in [2.05, 4.69) is 93.7 Å². The normalized spacial score (nSPS) is 13.0. The van der Waals surface area contributed by atoms with Crippen LogP contribution in [-0.2, 0) is 28.6 Å². The molecule has 1 unspecified atom stereocenters. The Morgan fingerprint density at radius 2 is 0.676 bits per heavy atom. The molecule has 1 atom stereocenters. The monoisotopic (exact) mass is 941 g/mol. The molecule has 0 bridgehead atoms. The molecule has 0 aliphatic rings. The summed E-state index contributed by atoms with van der Waals surface area (Å²) >= 11 is 0. The molecule has 0 spiro atoms. The van der Waals surface area contributed by atoms with Gasteiger partial charge in [0.1, 0.15) is 13.2 Å². The summed E-state index contributed by atoms with van der Waals surface area (Å²) in [7, 11) is 0. The highest BCUT2D eigenvalue weighted by atomic mass is 16.6. The summed E-state index contributed by atoms with van der Waals surface area (Å²) in [5.74, 6) is -1.05. The van der Waals surface area contributed by atoms with Gasteiger partial charge in [0.05, 0.1) is 0 Å². The number of hydrogen-bond acceptors (Lipinski definition) is 6. The van der Waals surface area contributed by atoms with Crippen LogP contribution in [0.3, 0.4) is 0 Å². The van der Waals surface area contributed by atoms with Crippen molar-refractivity contribution in [2.24, 2.45) is 0 Å². The van der Waals surface area contributed by atoms with E-state index >= 15 is 0 Å². The molecule has 6 heteroatoms. The average Bonchev–Trinajstić information content (AvgIpc) is 3.34. The fourth-order valence-corrected chi connectivity index (χ4v) is 7.24. The van der Waals surface area contributed by atoms with Crippen molar-refractivity contribution in [3.8, 4) is 0 Å². The van der Waals surface area contributed by atoms with Crippen LogP contribution in [0.4, 0.5) is 0 Å². The van der Waals surface area contributed by atoms with E-state index in [1.807, 2.05) is 48.6 Å². The molecule has 0 saturated carbocycles. The van der Waals surface area contributed by atoms with Gasteiger partial charge in [-0.25, -0.2) is 0 Å². The van der Waals surface area contributed by atoms with Crippen molar-refractivity contribution in [3.05, 3.63) is 122 Å². The van der Waals surface area contributed by atoms with Crippen molar-refractivity contribution >= 4 is 17.9 Å². The van der Waals surface area contributed by atoms with Crippen molar-refractivity contribution in [3.63, 3.8) is 0 Å². The Morgan fingerprint density at radius 1 is 0.324 bits per heavy atom. The van der Waals surface area contributed by atoms with Gasteiger partial charge in [0.25, 0.3) is 0 Å². The maximum atomic E-state index is 12.8. The molecule has 0 heterocycles. The van der Waals surface area contributed by atoms with E-state index in [4.69, 9.17) is 14.2 Å². The minimum Gasteiger partial charge on any atom is -0.462 e. The molecular weight excluding hydrogens is 841 g/mol. The first-order valence-electron chi connectivity index (χ1n) is 27.6. The van der Waals surface area contributed by atoms with Gasteiger partial charge < -0.3 is 14.2 Å². The fraction of sp³-hybridized carbons (Fsp3) is 0.629. The third kappa shape index (κ3) is 52.8. The number of ether oxygens (including phenoxy) is 3. The Balaban J connectivity index is 4.53. The van der Waals surface area contributed by atoms with Gasteiger partial charge in [-0.05, 0) is 77.0 Å². The third-order valence-corrected chi connectivity index (χ3v) is 11.3. The molecule has 0 fully saturated rings. The first kappa shape index (κ1) is 63.8. The highest BCUT2D eigenvalue weighted by molar-refractivity contribution is 5.71. The Hall–Kier alpha value is -4.19. The van der Waals surface area contributed by atoms with Gasteiger partial charge >= 0.3 is 17.9 Å². The summed E-state index contributed by atoms with van der Waals surface area (Å²) in [6, 6.07) is 0. The standard InChI is InChI=1S/C62H100O6/c1-4-7-10-13-16-19-22-25-27-29-31-33-34-37-40-43-46-49-52-55-61(64)67-58-59(57-66-60(63)54-51-48-45-42-39-36-24-21-18-15-12-9-6-3)68-62(65)56-53-50-47-44-41-38-35-32-30-28-26-23-20-17-14-11-8-5-2/h7,9-10,12,15-16,18-19,21,24-25,27,31,33,36-37,39-40,46,49,59H,4-6,8,11,13-14,17,20,22-23,26,28-30,32,34-35,38,41-45,47-48,50-58H2,1-3H3/b10-7-,12-9-,18-15-,19-16-,24-21-,27-25-,33-31-,39-36-,40-37-,49-46-. The molecule has 0 aromatic carbocycles. The zero-order chi connectivity index (χ0) is 49.3. The number of esters is 3. The van der Waals surface area contributed by atoms with Crippen molar-refractivity contribution in [2.45, 2.75) is 239 Å². The van der Waals surface area contributed by atoms with Gasteiger partial charge in [-0.3, -0.25) is 14.4 Å². The van der Waals surface area contributed by atoms with E-state index in [1.54, 1.807) is 0 Å². The second kappa shape index (κ2) is 55.4. The predicted molar refractivity (Wildman–Crippen MR) is 293 cm³/mol. The fourth-order valence-electron chi connectivity index (χ4n) is 7.24. The molecule has 6 nitrogen and oxygen atoms in total. The topological polar surface area (TPSA) is 78.9 Å². The van der Waals surface area contributed by atoms with Gasteiger partial charge in [0, 0.05) is 19.3 Å². The highest BCUT2D eigenvalue weighted by Crippen LogP contribution is 2.15. The van der Waals surface area contributed by atoms with E-state index in [9.17, 15) is 14.4 Å². The van der Waals surface area contributed by atoms with Crippen LogP contribution in [0.25, 0.3) is 0 Å². The third-order valence-electron chi connectivity index (χ3n) is 11.3. The van der Waals surface area contributed by atoms with Gasteiger partial charge in [-0.1, -0.05) is 258 Å². The second-order valence-electron chi connectivity index (χ2n) is 17.8. The molecule has 0 saturated heterocycles. The van der Waals surface area contributed by atoms with Crippen LogP contribution in [-0.4, -0.2) is 37.2 Å². The lowest BCUT2D eigenvalue weighted by atomic mass is 10.0. The number of unbranched alkanes of at least 4 members (excludes halogenated alkanes) is 20. The van der Waals surface area contributed by atoms with Crippen LogP contribution >= 0.6 is 0 Å². The Kier molecular flexibility index (Phi) is 52.0. The smallest absolute Gasteiger partial charge is 0.306 e. The van der Waals surface area contributed by atoms with Crippen molar-refractivity contribution in [2.75, 3.05) is 13.2 Å². The van der Waals surface area contributed by atoms with Crippen LogP contribution in [0.1, 0.15) is 233 Å². The largest absolute Gasteiger partial charge is 0.462 e. The van der Waals surface area contributed by atoms with Crippen molar-refractivity contribution in [1.29, 1.82) is 0 Å². The van der Waals surface area contributed by atoms with E-state index in [1.165, 1.54) is 96.3 Å². The lowest BCUT2D eigenvalue weighted by Gasteiger charge is -2.18. The molecule has 0 amide bonds. The molecule has 0 aliphatic heterocycles. The van der Waals surface area contributed by atoms with Gasteiger partial charge in [0.15, 0.2) is 6.10 Å². The number of carbonyl (C=O) groups is 3. The molecular formula is C62H100O6. The minimum absolute atomic E-state index is 0.123. The van der Waals surface area contributed by atoms with Gasteiger partial charge in [-0.15, -0.1) is 0 Å². The Morgan fingerprint density at radius 3 is 1.13 bits per heavy atom. The first-order valence-corrected chi connectivity index (χ1v) is 27.6. The number of rotatable bonds is 48. The summed E-state index contributed by atoms with van der Waals surface area (Å²) in [5.41, 5.74) is 0. The zero-order valence-corrected chi connectivity index (χ0v) is 43.8. The number of allylic oxidation sites excluding steroid dienone is 20. The predicted octanol–water partition coefficient (Wildman–Crippen LogP) is 18.5. The Bertz CT molecular complexity index is 1450. The molecule has 0 radical (unpaired) electrons. The molecule has 384 valence electrons.